The Morgan fingerprint density at radius 1 is 1.15 bits per heavy atom. The van der Waals surface area contributed by atoms with Crippen LogP contribution >= 0.6 is 0 Å². The Labute approximate surface area is 114 Å². The van der Waals surface area contributed by atoms with E-state index >= 15 is 0 Å². The zero-order valence-electron chi connectivity index (χ0n) is 10.5. The maximum Gasteiger partial charge on any atom is 0.326 e. The first-order chi connectivity index (χ1) is 9.41. The van der Waals surface area contributed by atoms with E-state index < -0.39 is 36.9 Å². The smallest absolute Gasteiger partial charge is 0.326 e. The molecular formula is C13H15F2NO4. The Hall–Kier alpha value is -2.02. The molecule has 5 nitrogen and oxygen atoms in total. The molecule has 0 bridgehead atoms. The fourth-order valence-electron chi connectivity index (χ4n) is 1.55. The number of nitrogens with one attached hydrogen (secondary N) is 1. The number of amides is 1. The average Bonchev–Trinajstić information content (AvgIpc) is 2.43. The molecule has 0 saturated heterocycles. The zero-order chi connectivity index (χ0) is 15.1. The van der Waals surface area contributed by atoms with Crippen LogP contribution in [0.2, 0.25) is 0 Å². The summed E-state index contributed by atoms with van der Waals surface area (Å²) in [6.45, 7) is 0. The summed E-state index contributed by atoms with van der Waals surface area (Å²) in [4.78, 5) is 22.7. The molecule has 1 amide bonds. The van der Waals surface area contributed by atoms with Gasteiger partial charge in [0.05, 0.1) is 0 Å². The molecule has 0 aliphatic carbocycles. The highest BCUT2D eigenvalue weighted by Gasteiger charge is 2.24. The summed E-state index contributed by atoms with van der Waals surface area (Å²) in [7, 11) is 0. The fourth-order valence-corrected chi connectivity index (χ4v) is 1.55. The number of aliphatic carboxylic acids is 1. The SMILES string of the molecule is O=C(N[C@@H](CC[C@H](O)C(F)F)C(=O)O)c1ccccc1. The van der Waals surface area contributed by atoms with Gasteiger partial charge in [-0.1, -0.05) is 18.2 Å². The minimum atomic E-state index is -2.94. The molecule has 1 rings (SSSR count). The van der Waals surface area contributed by atoms with Gasteiger partial charge >= 0.3 is 5.97 Å². The number of benzene rings is 1. The molecule has 0 heterocycles. The molecule has 1 aromatic carbocycles. The molecule has 20 heavy (non-hydrogen) atoms. The lowest BCUT2D eigenvalue weighted by Crippen LogP contribution is -2.41. The number of aliphatic hydroxyl groups excluding tert-OH is 1. The third kappa shape index (κ3) is 4.93. The summed E-state index contributed by atoms with van der Waals surface area (Å²) in [5, 5.41) is 20.1. The van der Waals surface area contributed by atoms with Crippen molar-refractivity contribution in [1.29, 1.82) is 0 Å². The summed E-state index contributed by atoms with van der Waals surface area (Å²) in [5.41, 5.74) is 0.271. The minimum absolute atomic E-state index is 0.271. The zero-order valence-corrected chi connectivity index (χ0v) is 10.5. The van der Waals surface area contributed by atoms with E-state index in [0.717, 1.165) is 0 Å². The summed E-state index contributed by atoms with van der Waals surface area (Å²) < 4.78 is 24.2. The molecule has 0 aliphatic heterocycles. The minimum Gasteiger partial charge on any atom is -0.480 e. The third-order valence-corrected chi connectivity index (χ3v) is 2.68. The van der Waals surface area contributed by atoms with E-state index in [1.54, 1.807) is 18.2 Å². The van der Waals surface area contributed by atoms with Crippen LogP contribution in [-0.2, 0) is 4.79 Å². The van der Waals surface area contributed by atoms with E-state index in [2.05, 4.69) is 5.32 Å². The first kappa shape index (κ1) is 16.0. The second kappa shape index (κ2) is 7.54. The van der Waals surface area contributed by atoms with Crippen molar-refractivity contribution in [2.45, 2.75) is 31.4 Å². The molecule has 0 saturated carbocycles. The van der Waals surface area contributed by atoms with Gasteiger partial charge in [0.1, 0.15) is 12.1 Å². The number of rotatable bonds is 7. The van der Waals surface area contributed by atoms with Gasteiger partial charge in [0, 0.05) is 5.56 Å². The number of aliphatic hydroxyl groups is 1. The fraction of sp³-hybridized carbons (Fsp3) is 0.385. The largest absolute Gasteiger partial charge is 0.480 e. The number of hydrogen-bond acceptors (Lipinski definition) is 3. The number of carbonyl (C=O) groups excluding carboxylic acids is 1. The maximum atomic E-state index is 12.1. The van der Waals surface area contributed by atoms with Gasteiger partial charge in [0.2, 0.25) is 0 Å². The quantitative estimate of drug-likeness (QED) is 0.705. The second-order valence-electron chi connectivity index (χ2n) is 4.21. The Morgan fingerprint density at radius 2 is 1.75 bits per heavy atom. The van der Waals surface area contributed by atoms with Crippen molar-refractivity contribution in [2.24, 2.45) is 0 Å². The third-order valence-electron chi connectivity index (χ3n) is 2.68. The topological polar surface area (TPSA) is 86.6 Å². The van der Waals surface area contributed by atoms with E-state index in [9.17, 15) is 18.4 Å². The Balaban J connectivity index is 2.59. The molecule has 110 valence electrons. The van der Waals surface area contributed by atoms with E-state index in [1.165, 1.54) is 12.1 Å². The molecule has 0 fully saturated rings. The van der Waals surface area contributed by atoms with Gasteiger partial charge in [-0.2, -0.15) is 0 Å². The van der Waals surface area contributed by atoms with Gasteiger partial charge < -0.3 is 15.5 Å². The molecule has 0 spiro atoms. The lowest BCUT2D eigenvalue weighted by atomic mass is 10.1. The van der Waals surface area contributed by atoms with Crippen molar-refractivity contribution in [3.8, 4) is 0 Å². The molecule has 0 radical (unpaired) electrons. The molecule has 2 atom stereocenters. The molecule has 7 heteroatoms. The standard InChI is InChI=1S/C13H15F2NO4/c14-11(15)10(17)7-6-9(13(19)20)16-12(18)8-4-2-1-3-5-8/h1-5,9-11,17H,6-7H2,(H,16,18)(H,19,20)/t9-,10-/m0/s1. The van der Waals surface area contributed by atoms with Gasteiger partial charge in [-0.3, -0.25) is 4.79 Å². The monoisotopic (exact) mass is 287 g/mol. The summed E-state index contributed by atoms with van der Waals surface area (Å²) in [6.07, 6.45) is -5.52. The maximum absolute atomic E-state index is 12.1. The average molecular weight is 287 g/mol. The van der Waals surface area contributed by atoms with Crippen LogP contribution < -0.4 is 5.32 Å². The highest BCUT2D eigenvalue weighted by atomic mass is 19.3. The first-order valence-corrected chi connectivity index (χ1v) is 5.96. The van der Waals surface area contributed by atoms with E-state index in [-0.39, 0.29) is 12.0 Å². The Morgan fingerprint density at radius 3 is 2.25 bits per heavy atom. The number of carboxylic acids is 1. The number of alkyl halides is 2. The van der Waals surface area contributed by atoms with Crippen LogP contribution in [0.1, 0.15) is 23.2 Å². The number of carbonyl (C=O) groups is 2. The van der Waals surface area contributed by atoms with Crippen molar-refractivity contribution in [3.63, 3.8) is 0 Å². The van der Waals surface area contributed by atoms with Crippen LogP contribution in [0.25, 0.3) is 0 Å². The number of carboxylic acid groups (broad SMARTS) is 1. The Bertz CT molecular complexity index is 453. The lowest BCUT2D eigenvalue weighted by molar-refractivity contribution is -0.139. The van der Waals surface area contributed by atoms with Crippen molar-refractivity contribution in [3.05, 3.63) is 35.9 Å². The van der Waals surface area contributed by atoms with Crippen LogP contribution in [0.4, 0.5) is 8.78 Å². The van der Waals surface area contributed by atoms with Crippen LogP contribution in [0.15, 0.2) is 30.3 Å². The van der Waals surface area contributed by atoms with Crippen LogP contribution in [-0.4, -0.2) is 40.7 Å². The Kier molecular flexibility index (Phi) is 6.05. The molecule has 0 aromatic heterocycles. The van der Waals surface area contributed by atoms with Crippen LogP contribution in [0.5, 0.6) is 0 Å². The van der Waals surface area contributed by atoms with Gasteiger partial charge in [-0.25, -0.2) is 13.6 Å². The van der Waals surface area contributed by atoms with Crippen LogP contribution in [0, 0.1) is 0 Å². The highest BCUT2D eigenvalue weighted by Crippen LogP contribution is 2.10. The van der Waals surface area contributed by atoms with Gasteiger partial charge in [-0.15, -0.1) is 0 Å². The molecule has 1 aromatic rings. The van der Waals surface area contributed by atoms with E-state index in [1.807, 2.05) is 0 Å². The molecular weight excluding hydrogens is 272 g/mol. The number of hydrogen-bond donors (Lipinski definition) is 3. The van der Waals surface area contributed by atoms with E-state index in [0.29, 0.717) is 0 Å². The lowest BCUT2D eigenvalue weighted by Gasteiger charge is -2.16. The molecule has 3 N–H and O–H groups in total. The summed E-state index contributed by atoms with van der Waals surface area (Å²) in [5.74, 6) is -1.94. The van der Waals surface area contributed by atoms with Gasteiger partial charge in [0.15, 0.2) is 0 Å². The predicted molar refractivity (Wildman–Crippen MR) is 66.6 cm³/mol. The van der Waals surface area contributed by atoms with Gasteiger partial charge in [0.25, 0.3) is 12.3 Å². The predicted octanol–water partition coefficient (Wildman–Crippen LogP) is 1.28. The highest BCUT2D eigenvalue weighted by molar-refractivity contribution is 5.96. The van der Waals surface area contributed by atoms with E-state index in [4.69, 9.17) is 10.2 Å². The first-order valence-electron chi connectivity index (χ1n) is 5.96. The summed E-state index contributed by atoms with van der Waals surface area (Å²) >= 11 is 0. The van der Waals surface area contributed by atoms with Gasteiger partial charge in [-0.05, 0) is 25.0 Å². The molecule has 0 aliphatic rings. The molecule has 0 unspecified atom stereocenters. The number of halogens is 2. The van der Waals surface area contributed by atoms with Crippen molar-refractivity contribution >= 4 is 11.9 Å². The second-order valence-corrected chi connectivity index (χ2v) is 4.21. The van der Waals surface area contributed by atoms with Crippen molar-refractivity contribution in [2.75, 3.05) is 0 Å². The van der Waals surface area contributed by atoms with Crippen molar-refractivity contribution < 1.29 is 28.6 Å². The summed E-state index contributed by atoms with van der Waals surface area (Å²) in [6, 6.07) is 6.61. The normalized spacial score (nSPS) is 13.8. The van der Waals surface area contributed by atoms with Crippen LogP contribution in [0.3, 0.4) is 0 Å². The van der Waals surface area contributed by atoms with Crippen molar-refractivity contribution in [1.82, 2.24) is 5.32 Å².